The minimum absolute atomic E-state index is 0.128. The van der Waals surface area contributed by atoms with Gasteiger partial charge in [-0.3, -0.25) is 4.79 Å². The zero-order chi connectivity index (χ0) is 20.1. The number of aromatic nitrogens is 1. The molecule has 0 bridgehead atoms. The van der Waals surface area contributed by atoms with E-state index in [0.29, 0.717) is 18.5 Å². The summed E-state index contributed by atoms with van der Waals surface area (Å²) in [5.41, 5.74) is 3.45. The van der Waals surface area contributed by atoms with Crippen molar-refractivity contribution in [3.63, 3.8) is 0 Å². The largest absolute Gasteiger partial charge is 0.465 e. The van der Waals surface area contributed by atoms with Crippen LogP contribution < -0.4 is 0 Å². The first-order chi connectivity index (χ1) is 12.9. The number of thioether (sulfide) groups is 1. The Morgan fingerprint density at radius 2 is 1.93 bits per heavy atom. The number of rotatable bonds is 8. The quantitative estimate of drug-likeness (QED) is 0.633. The van der Waals surface area contributed by atoms with Crippen LogP contribution in [0, 0.1) is 13.8 Å². The first kappa shape index (κ1) is 21.8. The smallest absolute Gasteiger partial charge is 0.340 e. The van der Waals surface area contributed by atoms with Crippen LogP contribution in [0.15, 0.2) is 0 Å². The number of hydrogen-bond donors (Lipinski definition) is 0. The van der Waals surface area contributed by atoms with Gasteiger partial charge in [-0.25, -0.2) is 4.79 Å². The molecule has 6 nitrogen and oxygen atoms in total. The number of ether oxygens (including phenoxy) is 1. The molecule has 0 aliphatic carbocycles. The van der Waals surface area contributed by atoms with Crippen LogP contribution in [0.2, 0.25) is 0 Å². The molecule has 1 amide bonds. The molecule has 1 unspecified atom stereocenters. The minimum Gasteiger partial charge on any atom is -0.465 e. The van der Waals surface area contributed by atoms with Gasteiger partial charge in [0, 0.05) is 42.7 Å². The van der Waals surface area contributed by atoms with E-state index in [9.17, 15) is 9.59 Å². The maximum Gasteiger partial charge on any atom is 0.340 e. The molecule has 0 N–H and O–H groups in total. The third kappa shape index (κ3) is 4.51. The second kappa shape index (κ2) is 9.64. The average Bonchev–Trinajstić information content (AvgIpc) is 2.89. The van der Waals surface area contributed by atoms with Crippen LogP contribution in [0.1, 0.15) is 59.4 Å². The fourth-order valence-corrected chi connectivity index (χ4v) is 5.12. The lowest BCUT2D eigenvalue weighted by molar-refractivity contribution is -0.132. The standard InChI is InChI=1S/C20H33N3O3S/c1-7-22(8-2)11-9-12-23-16(24)10-13-27-19(23)17-14(3)21(5)15(4)18(17)20(25)26-6/h19H,7-13H2,1-6H3. The van der Waals surface area contributed by atoms with E-state index < -0.39 is 0 Å². The Morgan fingerprint density at radius 3 is 2.52 bits per heavy atom. The number of esters is 1. The van der Waals surface area contributed by atoms with Crippen molar-refractivity contribution in [2.45, 2.75) is 45.9 Å². The molecule has 1 aromatic heterocycles. The first-order valence-corrected chi connectivity index (χ1v) is 10.8. The summed E-state index contributed by atoms with van der Waals surface area (Å²) >= 11 is 1.75. The first-order valence-electron chi connectivity index (χ1n) is 9.74. The Balaban J connectivity index is 2.32. The molecule has 0 radical (unpaired) electrons. The number of amides is 1. The zero-order valence-electron chi connectivity index (χ0n) is 17.5. The zero-order valence-corrected chi connectivity index (χ0v) is 18.3. The van der Waals surface area contributed by atoms with Crippen LogP contribution in [-0.4, -0.2) is 65.3 Å². The van der Waals surface area contributed by atoms with Gasteiger partial charge in [-0.1, -0.05) is 13.8 Å². The normalized spacial score (nSPS) is 17.7. The summed E-state index contributed by atoms with van der Waals surface area (Å²) in [6, 6.07) is 0. The highest BCUT2D eigenvalue weighted by Crippen LogP contribution is 2.42. The van der Waals surface area contributed by atoms with Crippen LogP contribution in [0.5, 0.6) is 0 Å². The lowest BCUT2D eigenvalue weighted by atomic mass is 10.1. The van der Waals surface area contributed by atoms with Gasteiger partial charge in [0.1, 0.15) is 5.37 Å². The monoisotopic (exact) mass is 395 g/mol. The van der Waals surface area contributed by atoms with E-state index in [1.54, 1.807) is 11.8 Å². The Labute approximate surface area is 167 Å². The summed E-state index contributed by atoms with van der Waals surface area (Å²) in [5, 5.41) is -0.128. The van der Waals surface area contributed by atoms with Crippen molar-refractivity contribution < 1.29 is 14.3 Å². The van der Waals surface area contributed by atoms with Gasteiger partial charge < -0.3 is 19.1 Å². The molecule has 152 valence electrons. The molecule has 1 aliphatic rings. The molecule has 0 saturated carbocycles. The molecule has 0 spiro atoms. The lowest BCUT2D eigenvalue weighted by Crippen LogP contribution is -2.39. The van der Waals surface area contributed by atoms with Crippen molar-refractivity contribution >= 4 is 23.6 Å². The molecule has 2 rings (SSSR count). The second-order valence-corrected chi connectivity index (χ2v) is 8.14. The predicted octanol–water partition coefficient (Wildman–Crippen LogP) is 3.12. The van der Waals surface area contributed by atoms with Gasteiger partial charge in [-0.2, -0.15) is 0 Å². The molecule has 0 aromatic carbocycles. The van der Waals surface area contributed by atoms with Crippen molar-refractivity contribution in [2.75, 3.05) is 39.0 Å². The highest BCUT2D eigenvalue weighted by Gasteiger charge is 2.36. The number of carbonyl (C=O) groups is 2. The van der Waals surface area contributed by atoms with E-state index in [-0.39, 0.29) is 17.3 Å². The van der Waals surface area contributed by atoms with Crippen LogP contribution in [-0.2, 0) is 16.6 Å². The molecular weight excluding hydrogens is 362 g/mol. The fourth-order valence-electron chi connectivity index (χ4n) is 3.75. The maximum absolute atomic E-state index is 12.7. The summed E-state index contributed by atoms with van der Waals surface area (Å²) in [4.78, 5) is 29.5. The van der Waals surface area contributed by atoms with Crippen LogP contribution in [0.3, 0.4) is 0 Å². The molecule has 2 heterocycles. The third-order valence-electron chi connectivity index (χ3n) is 5.63. The molecule has 1 aromatic rings. The summed E-state index contributed by atoms with van der Waals surface area (Å²) in [5.74, 6) is 0.632. The summed E-state index contributed by atoms with van der Waals surface area (Å²) in [6.07, 6.45) is 1.49. The van der Waals surface area contributed by atoms with E-state index in [2.05, 4.69) is 18.7 Å². The molecule has 1 saturated heterocycles. The topological polar surface area (TPSA) is 54.8 Å². The highest BCUT2D eigenvalue weighted by atomic mass is 32.2. The molecule has 1 atom stereocenters. The Hall–Kier alpha value is -1.47. The molecule has 1 aliphatic heterocycles. The number of hydrogen-bond acceptors (Lipinski definition) is 5. The minimum atomic E-state index is -0.326. The van der Waals surface area contributed by atoms with Gasteiger partial charge in [-0.05, 0) is 39.9 Å². The summed E-state index contributed by atoms with van der Waals surface area (Å²) in [6.45, 7) is 12.0. The van der Waals surface area contributed by atoms with Crippen LogP contribution >= 0.6 is 11.8 Å². The van der Waals surface area contributed by atoms with Crippen LogP contribution in [0.25, 0.3) is 0 Å². The van der Waals surface area contributed by atoms with Crippen LogP contribution in [0.4, 0.5) is 0 Å². The molecule has 27 heavy (non-hydrogen) atoms. The Morgan fingerprint density at radius 1 is 1.26 bits per heavy atom. The van der Waals surface area contributed by atoms with Gasteiger partial charge in [-0.15, -0.1) is 11.8 Å². The van der Waals surface area contributed by atoms with Gasteiger partial charge in [0.15, 0.2) is 0 Å². The Kier molecular flexibility index (Phi) is 7.79. The Bertz CT molecular complexity index is 683. The van der Waals surface area contributed by atoms with E-state index >= 15 is 0 Å². The van der Waals surface area contributed by atoms with E-state index in [1.165, 1.54) is 7.11 Å². The van der Waals surface area contributed by atoms with Gasteiger partial charge in [0.25, 0.3) is 0 Å². The van der Waals surface area contributed by atoms with Crippen molar-refractivity contribution in [3.05, 3.63) is 22.5 Å². The SMILES string of the molecule is CCN(CC)CCCN1C(=O)CCSC1c1c(C(=O)OC)c(C)n(C)c1C. The number of nitrogens with zero attached hydrogens (tertiary/aromatic N) is 3. The molecule has 7 heteroatoms. The van der Waals surface area contributed by atoms with Crippen molar-refractivity contribution in [1.29, 1.82) is 0 Å². The highest BCUT2D eigenvalue weighted by molar-refractivity contribution is 7.99. The third-order valence-corrected chi connectivity index (χ3v) is 6.87. The number of methoxy groups -OCH3 is 1. The van der Waals surface area contributed by atoms with E-state index in [0.717, 1.165) is 48.8 Å². The second-order valence-electron chi connectivity index (χ2n) is 6.95. The van der Waals surface area contributed by atoms with Gasteiger partial charge >= 0.3 is 5.97 Å². The van der Waals surface area contributed by atoms with E-state index in [1.807, 2.05) is 30.4 Å². The molecular formula is C20H33N3O3S. The van der Waals surface area contributed by atoms with Gasteiger partial charge in [0.2, 0.25) is 5.91 Å². The lowest BCUT2D eigenvalue weighted by Gasteiger charge is -2.36. The summed E-state index contributed by atoms with van der Waals surface area (Å²) in [7, 11) is 3.37. The molecule has 1 fully saturated rings. The predicted molar refractivity (Wildman–Crippen MR) is 110 cm³/mol. The summed E-state index contributed by atoms with van der Waals surface area (Å²) < 4.78 is 7.07. The fraction of sp³-hybridized carbons (Fsp3) is 0.700. The van der Waals surface area contributed by atoms with Gasteiger partial charge in [0.05, 0.1) is 12.7 Å². The maximum atomic E-state index is 12.7. The van der Waals surface area contributed by atoms with Crippen molar-refractivity contribution in [2.24, 2.45) is 7.05 Å². The number of carbonyl (C=O) groups excluding carboxylic acids is 2. The van der Waals surface area contributed by atoms with Crippen molar-refractivity contribution in [1.82, 2.24) is 14.4 Å². The average molecular weight is 396 g/mol. The van der Waals surface area contributed by atoms with Crippen molar-refractivity contribution in [3.8, 4) is 0 Å². The van der Waals surface area contributed by atoms with E-state index in [4.69, 9.17) is 4.74 Å².